The minimum Gasteiger partial charge on any atom is -0.354 e. The largest absolute Gasteiger partial charge is 0.354 e. The molecule has 0 radical (unpaired) electrons. The highest BCUT2D eigenvalue weighted by atomic mass is 35.5. The summed E-state index contributed by atoms with van der Waals surface area (Å²) in [6.07, 6.45) is 0.203. The molecule has 1 aromatic carbocycles. The molecule has 0 saturated heterocycles. The van der Waals surface area contributed by atoms with Crippen LogP contribution < -0.4 is 16.0 Å². The maximum Gasteiger partial charge on any atom is 0.257 e. The van der Waals surface area contributed by atoms with E-state index < -0.39 is 0 Å². The van der Waals surface area contributed by atoms with Gasteiger partial charge in [0.1, 0.15) is 0 Å². The molecule has 0 saturated carbocycles. The summed E-state index contributed by atoms with van der Waals surface area (Å²) in [7, 11) is 1.85. The van der Waals surface area contributed by atoms with Crippen LogP contribution in [-0.4, -0.2) is 36.4 Å². The number of likely N-dealkylation sites (N-methyl/N-ethyl adjacent to an activating group) is 1. The fourth-order valence-corrected chi connectivity index (χ4v) is 2.51. The lowest BCUT2D eigenvalue weighted by Crippen LogP contribution is -2.37. The maximum absolute atomic E-state index is 12.0. The highest BCUT2D eigenvalue weighted by Crippen LogP contribution is 2.16. The van der Waals surface area contributed by atoms with E-state index in [1.807, 2.05) is 20.0 Å². The predicted molar refractivity (Wildman–Crippen MR) is 106 cm³/mol. The zero-order chi connectivity index (χ0) is 16.7. The predicted octanol–water partition coefficient (Wildman–Crippen LogP) is 2.51. The number of benzene rings is 1. The van der Waals surface area contributed by atoms with Gasteiger partial charge in [0.15, 0.2) is 5.13 Å². The van der Waals surface area contributed by atoms with Crippen LogP contribution in [0.1, 0.15) is 23.0 Å². The van der Waals surface area contributed by atoms with Gasteiger partial charge in [0.25, 0.3) is 5.91 Å². The van der Waals surface area contributed by atoms with E-state index in [1.165, 1.54) is 11.3 Å². The summed E-state index contributed by atoms with van der Waals surface area (Å²) in [5.41, 5.74) is 1.22. The Morgan fingerprint density at radius 2 is 1.88 bits per heavy atom. The van der Waals surface area contributed by atoms with Gasteiger partial charge in [-0.05, 0) is 26.1 Å². The maximum atomic E-state index is 12.0. The summed E-state index contributed by atoms with van der Waals surface area (Å²) in [4.78, 5) is 28.1. The van der Waals surface area contributed by atoms with Crippen molar-refractivity contribution in [1.82, 2.24) is 15.6 Å². The van der Waals surface area contributed by atoms with Crippen LogP contribution in [0.5, 0.6) is 0 Å². The van der Waals surface area contributed by atoms with Crippen molar-refractivity contribution in [3.05, 3.63) is 47.0 Å². The summed E-state index contributed by atoms with van der Waals surface area (Å²) in [6.45, 7) is 2.55. The molecule has 0 aliphatic carbocycles. The van der Waals surface area contributed by atoms with Crippen molar-refractivity contribution in [2.45, 2.75) is 19.4 Å². The van der Waals surface area contributed by atoms with Gasteiger partial charge in [0, 0.05) is 23.5 Å². The first-order valence-electron chi connectivity index (χ1n) is 7.33. The SMILES string of the molecule is CNC(C)CNC(=O)Cc1csc(NC(=O)c2ccccc2)n1.Cl.Cl. The van der Waals surface area contributed by atoms with E-state index in [0.717, 1.165) is 0 Å². The highest BCUT2D eigenvalue weighted by Gasteiger charge is 2.11. The first kappa shape index (κ1) is 23.3. The van der Waals surface area contributed by atoms with Crippen molar-refractivity contribution in [3.8, 4) is 0 Å². The molecule has 2 rings (SSSR count). The van der Waals surface area contributed by atoms with Crippen LogP contribution in [0, 0.1) is 0 Å². The second-order valence-corrected chi connectivity index (χ2v) is 5.99. The molecule has 2 amide bonds. The Morgan fingerprint density at radius 1 is 1.20 bits per heavy atom. The minimum atomic E-state index is -0.209. The van der Waals surface area contributed by atoms with Gasteiger partial charge >= 0.3 is 0 Å². The molecule has 0 aliphatic heterocycles. The Kier molecular flexibility index (Phi) is 11.0. The van der Waals surface area contributed by atoms with Crippen molar-refractivity contribution >= 4 is 53.1 Å². The Labute approximate surface area is 163 Å². The normalized spacial score (nSPS) is 10.8. The van der Waals surface area contributed by atoms with Crippen LogP contribution in [0.2, 0.25) is 0 Å². The van der Waals surface area contributed by atoms with Gasteiger partial charge in [-0.3, -0.25) is 14.9 Å². The molecule has 3 N–H and O–H groups in total. The van der Waals surface area contributed by atoms with Crippen molar-refractivity contribution in [2.75, 3.05) is 18.9 Å². The number of rotatable bonds is 7. The van der Waals surface area contributed by atoms with Crippen LogP contribution in [-0.2, 0) is 11.2 Å². The molecule has 0 bridgehead atoms. The van der Waals surface area contributed by atoms with Crippen LogP contribution in [0.4, 0.5) is 5.13 Å². The number of carbonyl (C=O) groups excluding carboxylic acids is 2. The number of carbonyl (C=O) groups is 2. The molecule has 1 heterocycles. The molecule has 0 aliphatic rings. The standard InChI is InChI=1S/C16H20N4O2S.2ClH/c1-11(17-2)9-18-14(21)8-13-10-23-16(19-13)20-15(22)12-6-4-3-5-7-12;;/h3-7,10-11,17H,8-9H2,1-2H3,(H,18,21)(H,19,20,22);2*1H. The number of amides is 2. The molecular weight excluding hydrogens is 383 g/mol. The lowest BCUT2D eigenvalue weighted by atomic mass is 10.2. The Morgan fingerprint density at radius 3 is 2.52 bits per heavy atom. The Balaban J connectivity index is 0.00000288. The number of thiazole rings is 1. The fraction of sp³-hybridized carbons (Fsp3) is 0.312. The van der Waals surface area contributed by atoms with E-state index in [1.54, 1.807) is 29.6 Å². The van der Waals surface area contributed by atoms with E-state index in [9.17, 15) is 9.59 Å². The molecule has 9 heteroatoms. The summed E-state index contributed by atoms with van der Waals surface area (Å²) in [5, 5.41) is 10.9. The molecule has 2 aromatic rings. The molecule has 1 atom stereocenters. The number of nitrogens with zero attached hydrogens (tertiary/aromatic N) is 1. The van der Waals surface area contributed by atoms with E-state index in [-0.39, 0.29) is 49.1 Å². The topological polar surface area (TPSA) is 83.1 Å². The second kappa shape index (κ2) is 11.8. The average molecular weight is 405 g/mol. The number of nitrogens with one attached hydrogen (secondary N) is 3. The van der Waals surface area contributed by atoms with Crippen molar-refractivity contribution in [1.29, 1.82) is 0 Å². The van der Waals surface area contributed by atoms with Gasteiger partial charge in [0.2, 0.25) is 5.91 Å². The zero-order valence-corrected chi connectivity index (χ0v) is 16.4. The van der Waals surface area contributed by atoms with Crippen LogP contribution in [0.3, 0.4) is 0 Å². The first-order chi connectivity index (χ1) is 11.1. The van der Waals surface area contributed by atoms with Gasteiger partial charge in [0.05, 0.1) is 12.1 Å². The minimum absolute atomic E-state index is 0. The van der Waals surface area contributed by atoms with E-state index in [0.29, 0.717) is 22.9 Å². The average Bonchev–Trinajstić information content (AvgIpc) is 3.00. The number of hydrogen-bond acceptors (Lipinski definition) is 5. The lowest BCUT2D eigenvalue weighted by Gasteiger charge is -2.10. The smallest absolute Gasteiger partial charge is 0.257 e. The fourth-order valence-electron chi connectivity index (χ4n) is 1.80. The summed E-state index contributed by atoms with van der Waals surface area (Å²) < 4.78 is 0. The quantitative estimate of drug-likeness (QED) is 0.661. The molecule has 0 spiro atoms. The van der Waals surface area contributed by atoms with Crippen LogP contribution >= 0.6 is 36.2 Å². The number of halogens is 2. The molecule has 25 heavy (non-hydrogen) atoms. The second-order valence-electron chi connectivity index (χ2n) is 5.13. The number of hydrogen-bond donors (Lipinski definition) is 3. The lowest BCUT2D eigenvalue weighted by molar-refractivity contribution is -0.120. The molecule has 1 aromatic heterocycles. The summed E-state index contributed by atoms with van der Waals surface area (Å²) in [5.74, 6) is -0.294. The number of anilines is 1. The molecular formula is C16H22Cl2N4O2S. The van der Waals surface area contributed by atoms with Gasteiger partial charge in [-0.15, -0.1) is 36.2 Å². The summed E-state index contributed by atoms with van der Waals surface area (Å²) in [6, 6.07) is 9.15. The molecule has 0 fully saturated rings. The Hall–Kier alpha value is -1.67. The van der Waals surface area contributed by atoms with Crippen LogP contribution in [0.25, 0.3) is 0 Å². The molecule has 1 unspecified atom stereocenters. The molecule has 6 nitrogen and oxygen atoms in total. The third-order valence-corrected chi connectivity index (χ3v) is 4.05. The summed E-state index contributed by atoms with van der Waals surface area (Å²) >= 11 is 1.31. The van der Waals surface area contributed by atoms with Gasteiger partial charge in [-0.2, -0.15) is 0 Å². The monoisotopic (exact) mass is 404 g/mol. The third kappa shape index (κ3) is 7.83. The van der Waals surface area contributed by atoms with E-state index >= 15 is 0 Å². The van der Waals surface area contributed by atoms with Gasteiger partial charge < -0.3 is 10.6 Å². The van der Waals surface area contributed by atoms with Crippen LogP contribution in [0.15, 0.2) is 35.7 Å². The van der Waals surface area contributed by atoms with Crippen molar-refractivity contribution < 1.29 is 9.59 Å². The van der Waals surface area contributed by atoms with Gasteiger partial charge in [-0.25, -0.2) is 4.98 Å². The number of aromatic nitrogens is 1. The van der Waals surface area contributed by atoms with Crippen molar-refractivity contribution in [2.24, 2.45) is 0 Å². The van der Waals surface area contributed by atoms with E-state index in [4.69, 9.17) is 0 Å². The highest BCUT2D eigenvalue weighted by molar-refractivity contribution is 7.14. The van der Waals surface area contributed by atoms with E-state index in [2.05, 4.69) is 20.9 Å². The Bertz CT molecular complexity index is 667. The van der Waals surface area contributed by atoms with Gasteiger partial charge in [-0.1, -0.05) is 18.2 Å². The third-order valence-electron chi connectivity index (χ3n) is 3.25. The first-order valence-corrected chi connectivity index (χ1v) is 8.21. The molecule has 138 valence electrons. The van der Waals surface area contributed by atoms with Crippen molar-refractivity contribution in [3.63, 3.8) is 0 Å². The zero-order valence-electron chi connectivity index (χ0n) is 13.9.